The zero-order valence-electron chi connectivity index (χ0n) is 19.9. The van der Waals surface area contributed by atoms with E-state index in [1.54, 1.807) is 68.4 Å². The van der Waals surface area contributed by atoms with Gasteiger partial charge in [-0.1, -0.05) is 72.3 Å². The second-order valence-corrected chi connectivity index (χ2v) is 10.9. The van der Waals surface area contributed by atoms with E-state index < -0.39 is 50.9 Å². The molecule has 2 aromatic rings. The van der Waals surface area contributed by atoms with Gasteiger partial charge < -0.3 is 9.47 Å². The van der Waals surface area contributed by atoms with Gasteiger partial charge in [0.05, 0.1) is 5.75 Å². The van der Waals surface area contributed by atoms with Gasteiger partial charge in [-0.25, -0.2) is 13.2 Å². The first-order valence-electron chi connectivity index (χ1n) is 11.1. The van der Waals surface area contributed by atoms with Crippen molar-refractivity contribution < 1.29 is 32.3 Å². The molecule has 0 N–H and O–H groups in total. The molecule has 2 heterocycles. The maximum atomic E-state index is 13.6. The first kappa shape index (κ1) is 26.0. The monoisotopic (exact) mass is 532 g/mol. The Morgan fingerprint density at radius 3 is 2.08 bits per heavy atom. The minimum atomic E-state index is -4.29. The number of ketones is 1. The number of Topliss-reactive ketones (excluding diaryl/α,β-unsaturated/α-hetero) is 1. The summed E-state index contributed by atoms with van der Waals surface area (Å²) in [7, 11) is -4.29. The summed E-state index contributed by atoms with van der Waals surface area (Å²) in [5.41, 5.74) is -2.40. The van der Waals surface area contributed by atoms with E-state index in [0.29, 0.717) is 15.4 Å². The fraction of sp³-hybridized carbons (Fsp3) is 0.320. The molecule has 11 heteroatoms. The summed E-state index contributed by atoms with van der Waals surface area (Å²) in [6.07, 6.45) is -1.43. The van der Waals surface area contributed by atoms with Crippen LogP contribution < -0.4 is 0 Å². The lowest BCUT2D eigenvalue weighted by atomic mass is 9.82. The Balaban J connectivity index is 1.65. The highest BCUT2D eigenvalue weighted by Crippen LogP contribution is 2.50. The number of alkyl halides is 1. The number of fused-ring (bicyclic) bond motifs is 1. The maximum Gasteiger partial charge on any atom is 0.355 e. The van der Waals surface area contributed by atoms with E-state index in [-0.39, 0.29) is 12.3 Å². The minimum absolute atomic E-state index is 0.0441. The van der Waals surface area contributed by atoms with Crippen molar-refractivity contribution in [2.24, 2.45) is 0 Å². The van der Waals surface area contributed by atoms with Gasteiger partial charge in [0.15, 0.2) is 12.0 Å². The number of carbonyl (C=O) groups is 3. The minimum Gasteiger partial charge on any atom is -0.456 e. The molecular weight excluding hydrogens is 508 g/mol. The van der Waals surface area contributed by atoms with Crippen LogP contribution in [0.1, 0.15) is 31.9 Å². The first-order valence-corrected chi connectivity index (χ1v) is 13.1. The number of amides is 1. The highest BCUT2D eigenvalue weighted by Gasteiger charge is 2.78. The normalized spacial score (nSPS) is 23.6. The van der Waals surface area contributed by atoms with Gasteiger partial charge in [0.2, 0.25) is 21.2 Å². The highest BCUT2D eigenvalue weighted by molar-refractivity contribution is 7.88. The molecule has 2 aromatic carbocycles. The fourth-order valence-corrected chi connectivity index (χ4v) is 6.84. The average Bonchev–Trinajstić information content (AvgIpc) is 3.12. The number of ether oxygens (including phenoxy) is 2. The summed E-state index contributed by atoms with van der Waals surface area (Å²) in [6.45, 7) is 4.24. The number of rotatable bonds is 8. The number of allylic oxidation sites excluding steroid dienone is 1. The number of hydrogen-bond acceptors (Lipinski definition) is 7. The number of likely N-dealkylation sites (tertiary alicyclic amines) is 1. The van der Waals surface area contributed by atoms with E-state index in [2.05, 4.69) is 0 Å². The van der Waals surface area contributed by atoms with Crippen LogP contribution in [0.3, 0.4) is 0 Å². The first-order chi connectivity index (χ1) is 17.0. The Hall–Kier alpha value is -3.05. The van der Waals surface area contributed by atoms with Gasteiger partial charge in [-0.3, -0.25) is 14.5 Å². The lowest BCUT2D eigenvalue weighted by Crippen LogP contribution is -2.80. The van der Waals surface area contributed by atoms with E-state index in [1.165, 1.54) is 0 Å². The SMILES string of the molecule is CC(=O)C12C(=O)N(C(C(=O)OCc3ccccc3)=C(C)C)C1OC(Cl)N2S(=O)(=O)Cc1ccccc1. The van der Waals surface area contributed by atoms with Crippen LogP contribution in [-0.4, -0.2) is 52.7 Å². The number of esters is 1. The van der Waals surface area contributed by atoms with Gasteiger partial charge in [-0.15, -0.1) is 4.31 Å². The number of benzene rings is 2. The van der Waals surface area contributed by atoms with Gasteiger partial charge in [0, 0.05) is 0 Å². The van der Waals surface area contributed by atoms with Crippen LogP contribution in [0.25, 0.3) is 0 Å². The number of hydrogen-bond donors (Lipinski definition) is 0. The summed E-state index contributed by atoms with van der Waals surface area (Å²) < 4.78 is 38.5. The molecule has 0 spiro atoms. The number of sulfonamides is 1. The zero-order chi connectivity index (χ0) is 26.3. The summed E-state index contributed by atoms with van der Waals surface area (Å²) in [5, 5.41) is 0. The lowest BCUT2D eigenvalue weighted by molar-refractivity contribution is -0.184. The Kier molecular flexibility index (Phi) is 7.07. The molecule has 4 rings (SSSR count). The fourth-order valence-electron chi connectivity index (χ4n) is 4.43. The Morgan fingerprint density at radius 1 is 1.00 bits per heavy atom. The Bertz CT molecular complexity index is 1330. The molecule has 2 fully saturated rings. The molecule has 2 aliphatic rings. The van der Waals surface area contributed by atoms with Gasteiger partial charge in [0.1, 0.15) is 12.3 Å². The molecular formula is C25H25ClN2O7S. The number of halogens is 1. The molecule has 3 atom stereocenters. The lowest BCUT2D eigenvalue weighted by Gasteiger charge is -2.51. The third kappa shape index (κ3) is 4.24. The van der Waals surface area contributed by atoms with Crippen LogP contribution in [0, 0.1) is 0 Å². The van der Waals surface area contributed by atoms with Crippen molar-refractivity contribution in [3.8, 4) is 0 Å². The largest absolute Gasteiger partial charge is 0.456 e. The molecule has 0 aromatic heterocycles. The standard InChI is InChI=1S/C25H25ClN2O7S/c1-16(2)20(21(30)34-14-18-10-6-4-7-11-18)27-22(31)25(17(3)29)23(27)35-24(26)28(25)36(32,33)15-19-12-8-5-9-13-19/h4-13,23-24H,14-15H2,1-3H3. The van der Waals surface area contributed by atoms with Crippen LogP contribution in [0.5, 0.6) is 0 Å². The van der Waals surface area contributed by atoms with E-state index in [1.807, 2.05) is 6.07 Å². The molecule has 1 amide bonds. The van der Waals surface area contributed by atoms with Crippen molar-refractivity contribution in [3.05, 3.63) is 83.1 Å². The van der Waals surface area contributed by atoms with Gasteiger partial charge in [0.25, 0.3) is 5.91 Å². The number of nitrogens with zero attached hydrogens (tertiary/aromatic N) is 2. The van der Waals surface area contributed by atoms with Gasteiger partial charge in [-0.05, 0) is 37.5 Å². The molecule has 2 aliphatic heterocycles. The third-order valence-corrected chi connectivity index (χ3v) is 8.25. The highest BCUT2D eigenvalue weighted by atomic mass is 35.5. The Morgan fingerprint density at radius 2 is 1.56 bits per heavy atom. The van der Waals surface area contributed by atoms with Crippen LogP contribution >= 0.6 is 11.6 Å². The summed E-state index contributed by atoms with van der Waals surface area (Å²) in [5.74, 6) is -3.00. The molecule has 3 unspecified atom stereocenters. The predicted octanol–water partition coefficient (Wildman–Crippen LogP) is 2.90. The van der Waals surface area contributed by atoms with Crippen LogP contribution in [0.2, 0.25) is 0 Å². The molecule has 0 radical (unpaired) electrons. The van der Waals surface area contributed by atoms with Gasteiger partial charge in [-0.2, -0.15) is 0 Å². The molecule has 0 bridgehead atoms. The van der Waals surface area contributed by atoms with E-state index in [0.717, 1.165) is 17.4 Å². The molecule has 2 saturated heterocycles. The summed E-state index contributed by atoms with van der Waals surface area (Å²) >= 11 is 6.29. The summed E-state index contributed by atoms with van der Waals surface area (Å²) in [6, 6.07) is 17.3. The van der Waals surface area contributed by atoms with E-state index in [9.17, 15) is 22.8 Å². The smallest absolute Gasteiger partial charge is 0.355 e. The zero-order valence-corrected chi connectivity index (χ0v) is 21.5. The van der Waals surface area contributed by atoms with E-state index >= 15 is 0 Å². The topological polar surface area (TPSA) is 110 Å². The van der Waals surface area contributed by atoms with E-state index in [4.69, 9.17) is 21.1 Å². The second-order valence-electron chi connectivity index (χ2n) is 8.73. The third-order valence-electron chi connectivity index (χ3n) is 6.06. The van der Waals surface area contributed by atoms with Crippen molar-refractivity contribution in [2.45, 2.75) is 50.6 Å². The second kappa shape index (κ2) is 9.78. The summed E-state index contributed by atoms with van der Waals surface area (Å²) in [4.78, 5) is 40.5. The molecule has 36 heavy (non-hydrogen) atoms. The molecule has 9 nitrogen and oxygen atoms in total. The predicted molar refractivity (Wildman–Crippen MR) is 130 cm³/mol. The molecule has 0 saturated carbocycles. The van der Waals surface area contributed by atoms with Crippen molar-refractivity contribution >= 4 is 39.3 Å². The van der Waals surface area contributed by atoms with Crippen molar-refractivity contribution in [1.29, 1.82) is 0 Å². The van der Waals surface area contributed by atoms with Crippen molar-refractivity contribution in [1.82, 2.24) is 9.21 Å². The van der Waals surface area contributed by atoms with Crippen molar-refractivity contribution in [3.63, 3.8) is 0 Å². The van der Waals surface area contributed by atoms with Crippen LogP contribution in [-0.2, 0) is 46.2 Å². The number of carbonyl (C=O) groups excluding carboxylic acids is 3. The molecule has 0 aliphatic carbocycles. The number of β-lactam (4-membered cyclic amide) rings is 1. The molecule has 190 valence electrons. The van der Waals surface area contributed by atoms with Crippen LogP contribution in [0.15, 0.2) is 71.9 Å². The van der Waals surface area contributed by atoms with Crippen molar-refractivity contribution in [2.75, 3.05) is 0 Å². The maximum absolute atomic E-state index is 13.6. The Labute approximate surface area is 214 Å². The average molecular weight is 533 g/mol. The quantitative estimate of drug-likeness (QED) is 0.128. The van der Waals surface area contributed by atoms with Crippen LogP contribution in [0.4, 0.5) is 0 Å². The van der Waals surface area contributed by atoms with Gasteiger partial charge >= 0.3 is 5.97 Å².